The molecule has 1 N–H and O–H groups in total. The van der Waals surface area contributed by atoms with E-state index in [1.807, 2.05) is 6.92 Å². The number of hydrogen-bond acceptors (Lipinski definition) is 3. The number of rotatable bonds is 10. The third kappa shape index (κ3) is 5.93. The minimum absolute atomic E-state index is 0.00200. The van der Waals surface area contributed by atoms with Gasteiger partial charge in [0.2, 0.25) is 0 Å². The molecule has 4 nitrogen and oxygen atoms in total. The smallest absolute Gasteiger partial charge is 0.303 e. The van der Waals surface area contributed by atoms with E-state index in [4.69, 9.17) is 5.11 Å². The van der Waals surface area contributed by atoms with Crippen molar-refractivity contribution in [2.45, 2.75) is 58.8 Å². The molecule has 5 heteroatoms. The molecule has 112 valence electrons. The van der Waals surface area contributed by atoms with E-state index in [1.54, 1.807) is 0 Å². The highest BCUT2D eigenvalue weighted by Crippen LogP contribution is 2.50. The lowest BCUT2D eigenvalue weighted by Crippen LogP contribution is -2.25. The number of aliphatic carboxylic acids is 1. The molecular weight excluding hydrogens is 264 g/mol. The zero-order chi connectivity index (χ0) is 14.5. The van der Waals surface area contributed by atoms with Crippen molar-refractivity contribution in [2.24, 2.45) is 11.3 Å². The predicted molar refractivity (Wildman–Crippen MR) is 75.9 cm³/mol. The standard InChI is InChI=1S/C14H26O4S/c1-3-5-6-12(4-2)10-19(17,18)11-14(7-8-14)9-13(15)16/h12H,3-11H2,1-2H3,(H,15,16). The van der Waals surface area contributed by atoms with Crippen LogP contribution in [0.5, 0.6) is 0 Å². The largest absolute Gasteiger partial charge is 0.481 e. The molecule has 0 aromatic rings. The summed E-state index contributed by atoms with van der Waals surface area (Å²) in [6, 6.07) is 0. The van der Waals surface area contributed by atoms with Crippen LogP contribution in [0, 0.1) is 11.3 Å². The summed E-state index contributed by atoms with van der Waals surface area (Å²) in [5.74, 6) is -0.365. The third-order valence-electron chi connectivity index (χ3n) is 4.04. The van der Waals surface area contributed by atoms with Crippen molar-refractivity contribution in [1.29, 1.82) is 0 Å². The molecule has 1 fully saturated rings. The third-order valence-corrected chi connectivity index (χ3v) is 6.07. The zero-order valence-corrected chi connectivity index (χ0v) is 12.8. The van der Waals surface area contributed by atoms with Gasteiger partial charge in [-0.2, -0.15) is 0 Å². The number of unbranched alkanes of at least 4 members (excludes halogenated alkanes) is 1. The summed E-state index contributed by atoms with van der Waals surface area (Å²) < 4.78 is 24.4. The summed E-state index contributed by atoms with van der Waals surface area (Å²) in [5.41, 5.74) is -0.451. The monoisotopic (exact) mass is 290 g/mol. The maximum Gasteiger partial charge on any atom is 0.303 e. The average Bonchev–Trinajstić information content (AvgIpc) is 3.01. The van der Waals surface area contributed by atoms with Gasteiger partial charge in [0.15, 0.2) is 9.84 Å². The maximum absolute atomic E-state index is 12.2. The van der Waals surface area contributed by atoms with Crippen LogP contribution in [0.25, 0.3) is 0 Å². The Bertz CT molecular complexity index is 396. The van der Waals surface area contributed by atoms with Crippen LogP contribution in [-0.2, 0) is 14.6 Å². The molecule has 1 saturated carbocycles. The topological polar surface area (TPSA) is 71.4 Å². The van der Waals surface area contributed by atoms with Gasteiger partial charge in [0.05, 0.1) is 17.9 Å². The van der Waals surface area contributed by atoms with E-state index in [0.717, 1.165) is 38.5 Å². The quantitative estimate of drug-likeness (QED) is 0.671. The summed E-state index contributed by atoms with van der Waals surface area (Å²) in [5, 5.41) is 8.84. The molecule has 0 saturated heterocycles. The van der Waals surface area contributed by atoms with Crippen molar-refractivity contribution in [1.82, 2.24) is 0 Å². The fraction of sp³-hybridized carbons (Fsp3) is 0.929. The van der Waals surface area contributed by atoms with E-state index < -0.39 is 21.2 Å². The van der Waals surface area contributed by atoms with Crippen molar-refractivity contribution < 1.29 is 18.3 Å². The molecule has 0 spiro atoms. The van der Waals surface area contributed by atoms with Gasteiger partial charge in [-0.05, 0) is 30.6 Å². The minimum Gasteiger partial charge on any atom is -0.481 e. The summed E-state index contributed by atoms with van der Waals surface area (Å²) in [7, 11) is -3.13. The van der Waals surface area contributed by atoms with Crippen molar-refractivity contribution >= 4 is 15.8 Å². The molecule has 0 amide bonds. The highest BCUT2D eigenvalue weighted by Gasteiger charge is 2.47. The van der Waals surface area contributed by atoms with Crippen molar-refractivity contribution in [2.75, 3.05) is 11.5 Å². The zero-order valence-electron chi connectivity index (χ0n) is 12.0. The number of sulfone groups is 1. The van der Waals surface area contributed by atoms with E-state index in [-0.39, 0.29) is 23.8 Å². The summed E-state index contributed by atoms with van der Waals surface area (Å²) >= 11 is 0. The molecule has 0 aromatic carbocycles. The number of carboxylic acids is 1. The SMILES string of the molecule is CCCCC(CC)CS(=O)(=O)CC1(CC(=O)O)CC1. The minimum atomic E-state index is -3.13. The second kappa shape index (κ2) is 6.73. The van der Waals surface area contributed by atoms with Gasteiger partial charge in [-0.25, -0.2) is 8.42 Å². The molecule has 0 aromatic heterocycles. The summed E-state index contributed by atoms with van der Waals surface area (Å²) in [4.78, 5) is 10.8. The van der Waals surface area contributed by atoms with E-state index >= 15 is 0 Å². The Morgan fingerprint density at radius 1 is 1.32 bits per heavy atom. The van der Waals surface area contributed by atoms with Crippen molar-refractivity contribution in [3.8, 4) is 0 Å². The first-order valence-corrected chi connectivity index (χ1v) is 9.07. The Kier molecular flexibility index (Phi) is 5.83. The number of carbonyl (C=O) groups is 1. The Balaban J connectivity index is 2.53. The van der Waals surface area contributed by atoms with Crippen LogP contribution in [0.3, 0.4) is 0 Å². The molecule has 19 heavy (non-hydrogen) atoms. The van der Waals surface area contributed by atoms with Gasteiger partial charge < -0.3 is 5.11 Å². The Morgan fingerprint density at radius 2 is 1.95 bits per heavy atom. The Morgan fingerprint density at radius 3 is 2.37 bits per heavy atom. The summed E-state index contributed by atoms with van der Waals surface area (Å²) in [6.45, 7) is 4.13. The lowest BCUT2D eigenvalue weighted by molar-refractivity contribution is -0.138. The van der Waals surface area contributed by atoms with Gasteiger partial charge in [-0.3, -0.25) is 4.79 Å². The first-order valence-electron chi connectivity index (χ1n) is 7.25. The number of hydrogen-bond donors (Lipinski definition) is 1. The Labute approximate surface area is 116 Å². The Hall–Kier alpha value is -0.580. The van der Waals surface area contributed by atoms with Crippen molar-refractivity contribution in [3.05, 3.63) is 0 Å². The molecular formula is C14H26O4S. The van der Waals surface area contributed by atoms with Crippen LogP contribution in [-0.4, -0.2) is 31.0 Å². The normalized spacial score (nSPS) is 19.1. The fourth-order valence-corrected chi connectivity index (χ4v) is 5.21. The van der Waals surface area contributed by atoms with Crippen LogP contribution in [0.1, 0.15) is 58.8 Å². The van der Waals surface area contributed by atoms with Crippen LogP contribution in [0.4, 0.5) is 0 Å². The van der Waals surface area contributed by atoms with Gasteiger partial charge in [0.25, 0.3) is 0 Å². The molecule has 0 aliphatic heterocycles. The molecule has 1 aliphatic carbocycles. The second-order valence-corrected chi connectivity index (χ2v) is 8.15. The molecule has 0 bridgehead atoms. The van der Waals surface area contributed by atoms with Gasteiger partial charge in [-0.15, -0.1) is 0 Å². The molecule has 1 rings (SSSR count). The molecule has 0 heterocycles. The molecule has 1 aliphatic rings. The molecule has 0 radical (unpaired) electrons. The van der Waals surface area contributed by atoms with Gasteiger partial charge in [-0.1, -0.05) is 33.1 Å². The average molecular weight is 290 g/mol. The second-order valence-electron chi connectivity index (χ2n) is 6.04. The highest BCUT2D eigenvalue weighted by molar-refractivity contribution is 7.91. The van der Waals surface area contributed by atoms with E-state index in [9.17, 15) is 13.2 Å². The summed E-state index contributed by atoms with van der Waals surface area (Å²) in [6.07, 6.45) is 5.46. The first kappa shape index (κ1) is 16.5. The molecule has 1 atom stereocenters. The number of carboxylic acid groups (broad SMARTS) is 1. The van der Waals surface area contributed by atoms with E-state index in [1.165, 1.54) is 0 Å². The van der Waals surface area contributed by atoms with Gasteiger partial charge in [0, 0.05) is 0 Å². The van der Waals surface area contributed by atoms with Crippen LogP contribution < -0.4 is 0 Å². The molecule has 1 unspecified atom stereocenters. The fourth-order valence-electron chi connectivity index (χ4n) is 2.65. The van der Waals surface area contributed by atoms with Crippen molar-refractivity contribution in [3.63, 3.8) is 0 Å². The first-order chi connectivity index (χ1) is 8.82. The van der Waals surface area contributed by atoms with Crippen LogP contribution in [0.15, 0.2) is 0 Å². The van der Waals surface area contributed by atoms with Crippen LogP contribution >= 0.6 is 0 Å². The van der Waals surface area contributed by atoms with E-state index in [0.29, 0.717) is 0 Å². The van der Waals surface area contributed by atoms with Gasteiger partial charge >= 0.3 is 5.97 Å². The maximum atomic E-state index is 12.2. The van der Waals surface area contributed by atoms with Gasteiger partial charge in [0.1, 0.15) is 0 Å². The highest BCUT2D eigenvalue weighted by atomic mass is 32.2. The predicted octanol–water partition coefficient (Wildman–Crippen LogP) is 2.87. The van der Waals surface area contributed by atoms with E-state index in [2.05, 4.69) is 6.92 Å². The lowest BCUT2D eigenvalue weighted by Gasteiger charge is -2.18. The van der Waals surface area contributed by atoms with Crippen LogP contribution in [0.2, 0.25) is 0 Å². The lowest BCUT2D eigenvalue weighted by atomic mass is 10.0.